The number of anilines is 1. The Morgan fingerprint density at radius 3 is 2.47 bits per heavy atom. The first-order valence-electron chi connectivity index (χ1n) is 15.3. The number of benzene rings is 3. The number of pyridine rings is 1. The van der Waals surface area contributed by atoms with E-state index in [1.807, 2.05) is 0 Å². The van der Waals surface area contributed by atoms with Gasteiger partial charge in [0, 0.05) is 37.1 Å². The standard InChI is InChI=1S/C34H31F4N5O6/c1-19-30(31(44)23-15-21(49-34(36,37)38)7-8-26(23)42(19)2)32(45)41-20-6-9-27(24(35)14-20)48-33-22-16-28(46-3)29(17-25(22)39-18-40-33)47-13-12-43-10-4-5-11-43/h6-9,14-18H,4-5,10-13H2,1-3H3,(H,41,45). The lowest BCUT2D eigenvalue weighted by Crippen LogP contribution is -2.26. The van der Waals surface area contributed by atoms with Gasteiger partial charge >= 0.3 is 6.36 Å². The number of amides is 1. The molecule has 3 heterocycles. The summed E-state index contributed by atoms with van der Waals surface area (Å²) in [6.45, 7) is 4.87. The van der Waals surface area contributed by atoms with Crippen molar-refractivity contribution in [1.29, 1.82) is 0 Å². The molecule has 1 aliphatic heterocycles. The van der Waals surface area contributed by atoms with Gasteiger partial charge in [-0.05, 0) is 69.3 Å². The zero-order valence-electron chi connectivity index (χ0n) is 26.7. The largest absolute Gasteiger partial charge is 0.573 e. The summed E-state index contributed by atoms with van der Waals surface area (Å²) in [5.41, 5.74) is -0.141. The lowest BCUT2D eigenvalue weighted by Gasteiger charge is -2.17. The van der Waals surface area contributed by atoms with Gasteiger partial charge in [0.15, 0.2) is 23.1 Å². The number of carbonyl (C=O) groups is 1. The molecule has 0 aliphatic carbocycles. The second-order valence-corrected chi connectivity index (χ2v) is 11.4. The van der Waals surface area contributed by atoms with Crippen LogP contribution in [0.25, 0.3) is 21.8 Å². The Morgan fingerprint density at radius 2 is 1.76 bits per heavy atom. The van der Waals surface area contributed by atoms with Crippen LogP contribution < -0.4 is 29.7 Å². The summed E-state index contributed by atoms with van der Waals surface area (Å²) < 4.78 is 76.5. The number of aryl methyl sites for hydroxylation is 1. The zero-order valence-corrected chi connectivity index (χ0v) is 26.7. The predicted molar refractivity (Wildman–Crippen MR) is 172 cm³/mol. The van der Waals surface area contributed by atoms with Crippen LogP contribution in [0.4, 0.5) is 23.2 Å². The summed E-state index contributed by atoms with van der Waals surface area (Å²) in [5.74, 6) is -1.59. The Labute approximate surface area is 277 Å². The van der Waals surface area contributed by atoms with Gasteiger partial charge in [-0.15, -0.1) is 13.2 Å². The fourth-order valence-corrected chi connectivity index (χ4v) is 5.75. The highest BCUT2D eigenvalue weighted by Crippen LogP contribution is 2.37. The molecule has 0 bridgehead atoms. The fraction of sp³-hybridized carbons (Fsp3) is 0.294. The quantitative estimate of drug-likeness (QED) is 0.168. The van der Waals surface area contributed by atoms with Crippen LogP contribution in [-0.2, 0) is 7.05 Å². The molecule has 6 rings (SSSR count). The average Bonchev–Trinajstić information content (AvgIpc) is 3.58. The van der Waals surface area contributed by atoms with Crippen molar-refractivity contribution in [2.75, 3.05) is 38.7 Å². The van der Waals surface area contributed by atoms with Gasteiger partial charge in [0.1, 0.15) is 24.2 Å². The molecule has 0 saturated carbocycles. The summed E-state index contributed by atoms with van der Waals surface area (Å²) in [7, 11) is 3.06. The summed E-state index contributed by atoms with van der Waals surface area (Å²) >= 11 is 0. The molecular weight excluding hydrogens is 650 g/mol. The first kappa shape index (κ1) is 33.5. The van der Waals surface area contributed by atoms with E-state index in [0.29, 0.717) is 29.0 Å². The van der Waals surface area contributed by atoms with Crippen LogP contribution in [0.15, 0.2) is 59.7 Å². The van der Waals surface area contributed by atoms with Crippen LogP contribution in [0.5, 0.6) is 28.9 Å². The lowest BCUT2D eigenvalue weighted by molar-refractivity contribution is -0.274. The Hall–Kier alpha value is -5.44. The van der Waals surface area contributed by atoms with Gasteiger partial charge < -0.3 is 28.8 Å². The first-order chi connectivity index (χ1) is 23.4. The van der Waals surface area contributed by atoms with E-state index in [0.717, 1.165) is 37.8 Å². The SMILES string of the molecule is COc1cc2c(Oc3ccc(NC(=O)c4c(C)n(C)c5ccc(OC(F)(F)F)cc5c4=O)cc3F)ncnc2cc1OCCN1CCCC1. The van der Waals surface area contributed by atoms with Crippen molar-refractivity contribution in [2.45, 2.75) is 26.1 Å². The molecule has 15 heteroatoms. The number of rotatable bonds is 10. The molecule has 2 aromatic heterocycles. The highest BCUT2D eigenvalue weighted by atomic mass is 19.4. The topological polar surface area (TPSA) is 117 Å². The Morgan fingerprint density at radius 1 is 0.980 bits per heavy atom. The summed E-state index contributed by atoms with van der Waals surface area (Å²) in [6.07, 6.45) is -1.34. The Bertz CT molecular complexity index is 2110. The maximum absolute atomic E-state index is 15.3. The fourth-order valence-electron chi connectivity index (χ4n) is 5.75. The number of carbonyl (C=O) groups excluding carboxylic acids is 1. The summed E-state index contributed by atoms with van der Waals surface area (Å²) in [5, 5.41) is 2.76. The highest BCUT2D eigenvalue weighted by Gasteiger charge is 2.31. The molecule has 256 valence electrons. The van der Waals surface area contributed by atoms with Crippen LogP contribution in [-0.4, -0.2) is 65.1 Å². The van der Waals surface area contributed by atoms with Gasteiger partial charge in [0.05, 0.1) is 28.9 Å². The third-order valence-corrected chi connectivity index (χ3v) is 8.27. The van der Waals surface area contributed by atoms with E-state index in [4.69, 9.17) is 14.2 Å². The molecule has 1 saturated heterocycles. The van der Waals surface area contributed by atoms with Crippen LogP contribution in [0.2, 0.25) is 0 Å². The smallest absolute Gasteiger partial charge is 0.493 e. The molecule has 11 nitrogen and oxygen atoms in total. The Balaban J connectivity index is 1.21. The number of methoxy groups -OCH3 is 1. The van der Waals surface area contributed by atoms with Crippen molar-refractivity contribution >= 4 is 33.4 Å². The van der Waals surface area contributed by atoms with Crippen molar-refractivity contribution in [3.8, 4) is 28.9 Å². The molecule has 5 aromatic rings. The van der Waals surface area contributed by atoms with E-state index >= 15 is 4.39 Å². The van der Waals surface area contributed by atoms with E-state index in [2.05, 4.69) is 24.9 Å². The van der Waals surface area contributed by atoms with Crippen molar-refractivity contribution in [3.63, 3.8) is 0 Å². The lowest BCUT2D eigenvalue weighted by atomic mass is 10.1. The van der Waals surface area contributed by atoms with Gasteiger partial charge in [-0.1, -0.05) is 0 Å². The van der Waals surface area contributed by atoms with Crippen LogP contribution >= 0.6 is 0 Å². The molecule has 0 radical (unpaired) electrons. The van der Waals surface area contributed by atoms with Crippen molar-refractivity contribution in [2.24, 2.45) is 7.05 Å². The van der Waals surface area contributed by atoms with Gasteiger partial charge in [-0.25, -0.2) is 14.4 Å². The normalized spacial score (nSPS) is 13.5. The number of alkyl halides is 3. The second-order valence-electron chi connectivity index (χ2n) is 11.4. The number of ether oxygens (including phenoxy) is 4. The highest BCUT2D eigenvalue weighted by molar-refractivity contribution is 6.07. The van der Waals surface area contributed by atoms with Gasteiger partial charge in [-0.2, -0.15) is 0 Å². The van der Waals surface area contributed by atoms with E-state index < -0.39 is 29.3 Å². The third-order valence-electron chi connectivity index (χ3n) is 8.27. The molecular formula is C34H31F4N5O6. The molecule has 1 aliphatic rings. The number of aromatic nitrogens is 3. The van der Waals surface area contributed by atoms with E-state index in [1.165, 1.54) is 56.0 Å². The van der Waals surface area contributed by atoms with Gasteiger partial charge in [-0.3, -0.25) is 14.5 Å². The summed E-state index contributed by atoms with van der Waals surface area (Å²) in [4.78, 5) is 37.4. The molecule has 1 N–H and O–H groups in total. The molecule has 1 amide bonds. The van der Waals surface area contributed by atoms with E-state index in [-0.39, 0.29) is 39.5 Å². The minimum Gasteiger partial charge on any atom is -0.493 e. The van der Waals surface area contributed by atoms with Crippen LogP contribution in [0, 0.1) is 12.7 Å². The van der Waals surface area contributed by atoms with Crippen LogP contribution in [0.1, 0.15) is 28.9 Å². The monoisotopic (exact) mass is 681 g/mol. The molecule has 0 spiro atoms. The number of hydrogen-bond acceptors (Lipinski definition) is 9. The Kier molecular flexibility index (Phi) is 9.28. The predicted octanol–water partition coefficient (Wildman–Crippen LogP) is 6.36. The molecule has 1 fully saturated rings. The third kappa shape index (κ3) is 7.21. The number of fused-ring (bicyclic) bond motifs is 2. The van der Waals surface area contributed by atoms with Crippen LogP contribution in [0.3, 0.4) is 0 Å². The molecule has 49 heavy (non-hydrogen) atoms. The zero-order chi connectivity index (χ0) is 34.9. The van der Waals surface area contributed by atoms with Gasteiger partial charge in [0.2, 0.25) is 11.3 Å². The minimum absolute atomic E-state index is 0.00417. The molecule has 3 aromatic carbocycles. The number of likely N-dealkylation sites (tertiary alicyclic amines) is 1. The average molecular weight is 682 g/mol. The van der Waals surface area contributed by atoms with E-state index in [9.17, 15) is 22.8 Å². The number of hydrogen-bond donors (Lipinski definition) is 1. The number of nitrogens with one attached hydrogen (secondary N) is 1. The summed E-state index contributed by atoms with van der Waals surface area (Å²) in [6, 6.07) is 10.3. The first-order valence-corrected chi connectivity index (χ1v) is 15.3. The molecule has 0 atom stereocenters. The maximum Gasteiger partial charge on any atom is 0.573 e. The van der Waals surface area contributed by atoms with Crippen molar-refractivity contribution < 1.29 is 41.3 Å². The maximum atomic E-state index is 15.3. The van der Waals surface area contributed by atoms with Gasteiger partial charge in [0.25, 0.3) is 5.91 Å². The molecule has 0 unspecified atom stereocenters. The van der Waals surface area contributed by atoms with Crippen molar-refractivity contribution in [1.82, 2.24) is 19.4 Å². The van der Waals surface area contributed by atoms with E-state index in [1.54, 1.807) is 19.2 Å². The number of halogens is 4. The second kappa shape index (κ2) is 13.6. The minimum atomic E-state index is -4.97. The van der Waals surface area contributed by atoms with Crippen molar-refractivity contribution in [3.05, 3.63) is 82.2 Å². The number of nitrogens with zero attached hydrogens (tertiary/aromatic N) is 4.